The lowest BCUT2D eigenvalue weighted by Crippen LogP contribution is -2.09. The summed E-state index contributed by atoms with van der Waals surface area (Å²) in [5, 5.41) is 0. The lowest BCUT2D eigenvalue weighted by atomic mass is 10.1. The van der Waals surface area contributed by atoms with Crippen molar-refractivity contribution in [3.8, 4) is 0 Å². The molecular formula is C9H5Cl6F. The van der Waals surface area contributed by atoms with Crippen molar-refractivity contribution >= 4 is 69.6 Å². The molecular weight excluding hydrogens is 340 g/mol. The van der Waals surface area contributed by atoms with Crippen molar-refractivity contribution in [3.63, 3.8) is 0 Å². The van der Waals surface area contributed by atoms with Crippen LogP contribution in [-0.4, -0.2) is 0 Å². The van der Waals surface area contributed by atoms with Gasteiger partial charge in [-0.2, -0.15) is 0 Å². The van der Waals surface area contributed by atoms with Gasteiger partial charge < -0.3 is 0 Å². The molecule has 0 aliphatic carbocycles. The smallest absolute Gasteiger partial charge is 0.216 e. The van der Waals surface area contributed by atoms with Crippen LogP contribution in [0.4, 0.5) is 4.39 Å². The van der Waals surface area contributed by atoms with Gasteiger partial charge in [-0.3, -0.25) is 0 Å². The zero-order valence-corrected chi connectivity index (χ0v) is 12.1. The summed E-state index contributed by atoms with van der Waals surface area (Å²) in [4.78, 5) is 0. The molecule has 0 unspecified atom stereocenters. The first-order valence-corrected chi connectivity index (χ1v) is 6.26. The van der Waals surface area contributed by atoms with E-state index in [-0.39, 0.29) is 11.1 Å². The first-order chi connectivity index (χ1) is 7.16. The number of rotatable bonds is 1. The second-order valence-electron chi connectivity index (χ2n) is 3.00. The van der Waals surface area contributed by atoms with Crippen LogP contribution in [0.2, 0.25) is 0 Å². The Hall–Kier alpha value is 0.890. The zero-order valence-electron chi connectivity index (χ0n) is 7.58. The van der Waals surface area contributed by atoms with E-state index in [4.69, 9.17) is 69.6 Å². The second kappa shape index (κ2) is 5.26. The van der Waals surface area contributed by atoms with Gasteiger partial charge in [0.05, 0.1) is 0 Å². The number of halogens is 7. The van der Waals surface area contributed by atoms with E-state index in [2.05, 4.69) is 0 Å². The number of benzene rings is 1. The van der Waals surface area contributed by atoms with Crippen LogP contribution in [0.5, 0.6) is 0 Å². The van der Waals surface area contributed by atoms with Crippen LogP contribution >= 0.6 is 69.6 Å². The van der Waals surface area contributed by atoms with Crippen LogP contribution in [0.3, 0.4) is 0 Å². The maximum atomic E-state index is 12.7. The zero-order chi connectivity index (χ0) is 12.6. The molecule has 0 aromatic heterocycles. The van der Waals surface area contributed by atoms with E-state index in [1.807, 2.05) is 0 Å². The third-order valence-electron chi connectivity index (χ3n) is 1.89. The molecule has 0 bridgehead atoms. The monoisotopic (exact) mass is 342 g/mol. The summed E-state index contributed by atoms with van der Waals surface area (Å²) in [7, 11) is 0. The maximum absolute atomic E-state index is 12.7. The van der Waals surface area contributed by atoms with Crippen LogP contribution < -0.4 is 0 Å². The maximum Gasteiger partial charge on any atom is 0.216 e. The molecule has 0 amide bonds. The van der Waals surface area contributed by atoms with Crippen molar-refractivity contribution < 1.29 is 4.39 Å². The largest absolute Gasteiger partial charge is 0.246 e. The summed E-state index contributed by atoms with van der Waals surface area (Å²) in [5.41, 5.74) is 0.734. The first-order valence-electron chi connectivity index (χ1n) is 3.99. The minimum atomic E-state index is -1.76. The van der Waals surface area contributed by atoms with Gasteiger partial charge in [-0.15, -0.1) is 0 Å². The minimum absolute atomic E-state index is 0.170. The summed E-state index contributed by atoms with van der Waals surface area (Å²) >= 11 is 34.2. The lowest BCUT2D eigenvalue weighted by Gasteiger charge is -2.19. The fourth-order valence-corrected chi connectivity index (χ4v) is 2.01. The second-order valence-corrected chi connectivity index (χ2v) is 7.56. The molecule has 0 nitrogen and oxygen atoms in total. The highest BCUT2D eigenvalue weighted by Crippen LogP contribution is 2.44. The molecule has 0 aliphatic heterocycles. The van der Waals surface area contributed by atoms with Crippen LogP contribution in [0.15, 0.2) is 18.2 Å². The van der Waals surface area contributed by atoms with Crippen LogP contribution in [0.25, 0.3) is 0 Å². The number of hydrogen-bond donors (Lipinski definition) is 0. The highest BCUT2D eigenvalue weighted by Gasteiger charge is 2.30. The Morgan fingerprint density at radius 2 is 1.50 bits per heavy atom. The van der Waals surface area contributed by atoms with Gasteiger partial charge >= 0.3 is 0 Å². The standard InChI is InChI=1S/C9H5Cl6F/c10-8(11,12)6-2-1-5(4-16)7(3-6)9(13,14)15/h1-3H,4H2. The quantitative estimate of drug-likeness (QED) is 0.564. The Morgan fingerprint density at radius 1 is 0.938 bits per heavy atom. The molecule has 16 heavy (non-hydrogen) atoms. The van der Waals surface area contributed by atoms with Crippen LogP contribution in [0, 0.1) is 0 Å². The molecule has 0 radical (unpaired) electrons. The molecule has 1 aromatic carbocycles. The van der Waals surface area contributed by atoms with E-state index >= 15 is 0 Å². The predicted molar refractivity (Wildman–Crippen MR) is 69.7 cm³/mol. The molecule has 90 valence electrons. The van der Waals surface area contributed by atoms with Crippen molar-refractivity contribution in [3.05, 3.63) is 34.9 Å². The Morgan fingerprint density at radius 3 is 1.88 bits per heavy atom. The van der Waals surface area contributed by atoms with Gasteiger partial charge in [-0.05, 0) is 11.6 Å². The molecule has 0 N–H and O–H groups in total. The molecule has 0 fully saturated rings. The highest BCUT2D eigenvalue weighted by molar-refractivity contribution is 6.67. The van der Waals surface area contributed by atoms with Gasteiger partial charge in [-0.25, -0.2) is 4.39 Å². The van der Waals surface area contributed by atoms with Crippen molar-refractivity contribution in [1.82, 2.24) is 0 Å². The molecule has 0 heterocycles. The lowest BCUT2D eigenvalue weighted by molar-refractivity contribution is 0.482. The molecule has 0 atom stereocenters. The Bertz CT molecular complexity index is 379. The first kappa shape index (κ1) is 14.9. The van der Waals surface area contributed by atoms with E-state index in [0.29, 0.717) is 5.56 Å². The molecule has 1 aromatic rings. The van der Waals surface area contributed by atoms with E-state index in [1.54, 1.807) is 0 Å². The van der Waals surface area contributed by atoms with Gasteiger partial charge in [0.1, 0.15) is 6.67 Å². The molecule has 0 spiro atoms. The van der Waals surface area contributed by atoms with Gasteiger partial charge in [-0.1, -0.05) is 81.7 Å². The van der Waals surface area contributed by atoms with Crippen molar-refractivity contribution in [1.29, 1.82) is 0 Å². The summed E-state index contributed by atoms with van der Waals surface area (Å²) in [6, 6.07) is 4.27. The summed E-state index contributed by atoms with van der Waals surface area (Å²) in [6.45, 7) is -0.761. The van der Waals surface area contributed by atoms with E-state index < -0.39 is 14.3 Å². The predicted octanol–water partition coefficient (Wildman–Crippen LogP) is 5.81. The average molecular weight is 345 g/mol. The third-order valence-corrected chi connectivity index (χ3v) is 3.15. The van der Waals surface area contributed by atoms with Crippen LogP contribution in [0.1, 0.15) is 16.7 Å². The van der Waals surface area contributed by atoms with E-state index in [9.17, 15) is 4.39 Å². The summed E-state index contributed by atoms with van der Waals surface area (Å²) in [6.07, 6.45) is 0. The summed E-state index contributed by atoms with van der Waals surface area (Å²) in [5.74, 6) is 0. The number of hydrogen-bond acceptors (Lipinski definition) is 0. The molecule has 1 rings (SSSR count). The van der Waals surface area contributed by atoms with E-state index in [1.165, 1.54) is 18.2 Å². The van der Waals surface area contributed by atoms with E-state index in [0.717, 1.165) is 0 Å². The molecule has 0 saturated carbocycles. The van der Waals surface area contributed by atoms with Gasteiger partial charge in [0.15, 0.2) is 0 Å². The van der Waals surface area contributed by atoms with Crippen LogP contribution in [-0.2, 0) is 14.3 Å². The van der Waals surface area contributed by atoms with Gasteiger partial charge in [0.2, 0.25) is 7.59 Å². The Labute approximate surface area is 123 Å². The minimum Gasteiger partial charge on any atom is -0.246 e. The van der Waals surface area contributed by atoms with Gasteiger partial charge in [0.25, 0.3) is 0 Å². The fourth-order valence-electron chi connectivity index (χ4n) is 1.13. The third kappa shape index (κ3) is 3.69. The average Bonchev–Trinajstić information content (AvgIpc) is 2.14. The number of alkyl halides is 7. The Kier molecular flexibility index (Phi) is 4.91. The fraction of sp³-hybridized carbons (Fsp3) is 0.333. The van der Waals surface area contributed by atoms with Gasteiger partial charge in [0, 0.05) is 11.1 Å². The van der Waals surface area contributed by atoms with Crippen molar-refractivity contribution in [2.75, 3.05) is 0 Å². The molecule has 7 heteroatoms. The SMILES string of the molecule is FCc1ccc(C(Cl)(Cl)Cl)cc1C(Cl)(Cl)Cl. The van der Waals surface area contributed by atoms with Crippen molar-refractivity contribution in [2.45, 2.75) is 14.3 Å². The molecule has 0 aliphatic rings. The summed E-state index contributed by atoms with van der Waals surface area (Å²) < 4.78 is 9.27. The highest BCUT2D eigenvalue weighted by atomic mass is 35.6. The topological polar surface area (TPSA) is 0 Å². The Balaban J connectivity index is 3.34. The molecule has 0 saturated heterocycles. The normalized spacial score (nSPS) is 12.9. The van der Waals surface area contributed by atoms with Crippen molar-refractivity contribution in [2.24, 2.45) is 0 Å².